The van der Waals surface area contributed by atoms with Crippen LogP contribution < -0.4 is 9.47 Å². The Morgan fingerprint density at radius 1 is 1.36 bits per heavy atom. The smallest absolute Gasteiger partial charge is 0.326 e. The molecule has 0 saturated heterocycles. The van der Waals surface area contributed by atoms with Gasteiger partial charge >= 0.3 is 5.97 Å². The van der Waals surface area contributed by atoms with Gasteiger partial charge in [-0.25, -0.2) is 9.18 Å². The molecule has 1 atom stereocenters. The third kappa shape index (κ3) is 4.07. The van der Waals surface area contributed by atoms with Crippen LogP contribution >= 0.6 is 0 Å². The average molecular weight is 355 g/mol. The minimum atomic E-state index is -1.14. The van der Waals surface area contributed by atoms with E-state index in [1.807, 2.05) is 13.8 Å². The molecule has 0 saturated carbocycles. The largest absolute Gasteiger partial charge is 0.494 e. The monoisotopic (exact) mass is 355 g/mol. The summed E-state index contributed by atoms with van der Waals surface area (Å²) < 4.78 is 37.9. The summed E-state index contributed by atoms with van der Waals surface area (Å²) in [7, 11) is 1.23. The molecule has 1 N–H and O–H groups in total. The fraction of sp³-hybridized carbons (Fsp3) is 0.412. The zero-order valence-electron chi connectivity index (χ0n) is 14.1. The number of nitrogens with zero attached hydrogens (tertiary/aromatic N) is 1. The van der Waals surface area contributed by atoms with Crippen molar-refractivity contribution in [3.05, 3.63) is 35.6 Å². The van der Waals surface area contributed by atoms with E-state index in [4.69, 9.17) is 9.47 Å². The van der Waals surface area contributed by atoms with Crippen LogP contribution in [0.5, 0.6) is 11.5 Å². The maximum Gasteiger partial charge on any atom is 0.326 e. The van der Waals surface area contributed by atoms with Gasteiger partial charge in [-0.2, -0.15) is 4.39 Å². The van der Waals surface area contributed by atoms with Gasteiger partial charge in [0, 0.05) is 6.08 Å². The number of carboxylic acids is 1. The predicted octanol–water partition coefficient (Wildman–Crippen LogP) is 2.58. The summed E-state index contributed by atoms with van der Waals surface area (Å²) in [6.45, 7) is 3.49. The summed E-state index contributed by atoms with van der Waals surface area (Å²) in [5.74, 6) is -4.61. The highest BCUT2D eigenvalue weighted by atomic mass is 19.1. The van der Waals surface area contributed by atoms with E-state index < -0.39 is 35.3 Å². The summed E-state index contributed by atoms with van der Waals surface area (Å²) in [5, 5.41) is 9.34. The van der Waals surface area contributed by atoms with Gasteiger partial charge in [-0.05, 0) is 24.5 Å². The second kappa shape index (κ2) is 7.50. The minimum Gasteiger partial charge on any atom is -0.494 e. The molecule has 25 heavy (non-hydrogen) atoms. The molecular weight excluding hydrogens is 336 g/mol. The molecule has 0 aliphatic carbocycles. The fourth-order valence-electron chi connectivity index (χ4n) is 2.54. The van der Waals surface area contributed by atoms with Crippen molar-refractivity contribution in [1.29, 1.82) is 0 Å². The van der Waals surface area contributed by atoms with Crippen molar-refractivity contribution in [2.45, 2.75) is 26.3 Å². The van der Waals surface area contributed by atoms with E-state index in [1.54, 1.807) is 0 Å². The second-order valence-corrected chi connectivity index (χ2v) is 6.06. The first-order valence-electron chi connectivity index (χ1n) is 7.68. The zero-order chi connectivity index (χ0) is 18.7. The standard InChI is InChI=1S/C17H19F2NO5/c1-9(2)6-12(17(22)23)20-8-10(7-14(20)21)25-16-11(18)4-5-13(24-3)15(16)19/h4-5,7,9,12H,6,8H2,1-3H3,(H,22,23). The summed E-state index contributed by atoms with van der Waals surface area (Å²) in [6.07, 6.45) is 1.29. The fourth-order valence-corrected chi connectivity index (χ4v) is 2.54. The molecule has 0 aromatic heterocycles. The third-order valence-corrected chi connectivity index (χ3v) is 3.72. The number of carbonyl (C=O) groups excluding carboxylic acids is 1. The van der Waals surface area contributed by atoms with Crippen molar-refractivity contribution >= 4 is 11.9 Å². The molecule has 1 unspecified atom stereocenters. The molecule has 0 spiro atoms. The number of methoxy groups -OCH3 is 1. The number of carbonyl (C=O) groups is 2. The van der Waals surface area contributed by atoms with E-state index in [-0.39, 0.29) is 30.4 Å². The van der Waals surface area contributed by atoms with Gasteiger partial charge in [0.25, 0.3) is 5.91 Å². The summed E-state index contributed by atoms with van der Waals surface area (Å²) in [6, 6.07) is 1.05. The lowest BCUT2D eigenvalue weighted by Gasteiger charge is -2.25. The van der Waals surface area contributed by atoms with Gasteiger partial charge in [-0.3, -0.25) is 4.79 Å². The molecule has 6 nitrogen and oxygen atoms in total. The molecule has 1 aliphatic rings. The van der Waals surface area contributed by atoms with Crippen molar-refractivity contribution in [1.82, 2.24) is 4.90 Å². The molecule has 1 aromatic carbocycles. The van der Waals surface area contributed by atoms with Crippen molar-refractivity contribution < 1.29 is 33.0 Å². The number of rotatable bonds is 7. The maximum atomic E-state index is 14.1. The Bertz CT molecular complexity index is 717. The Kier molecular flexibility index (Phi) is 5.61. The van der Waals surface area contributed by atoms with Crippen LogP contribution in [0.2, 0.25) is 0 Å². The minimum absolute atomic E-state index is 0.0361. The molecule has 0 fully saturated rings. The van der Waals surface area contributed by atoms with E-state index in [1.165, 1.54) is 7.11 Å². The number of benzene rings is 1. The lowest BCUT2D eigenvalue weighted by Crippen LogP contribution is -2.43. The van der Waals surface area contributed by atoms with Gasteiger partial charge in [0.1, 0.15) is 11.8 Å². The molecule has 1 aliphatic heterocycles. The number of hydrogen-bond donors (Lipinski definition) is 1. The van der Waals surface area contributed by atoms with Crippen LogP contribution in [-0.2, 0) is 9.59 Å². The molecule has 8 heteroatoms. The molecule has 1 heterocycles. The topological polar surface area (TPSA) is 76.1 Å². The van der Waals surface area contributed by atoms with Crippen molar-refractivity contribution in [2.75, 3.05) is 13.7 Å². The Morgan fingerprint density at radius 3 is 2.60 bits per heavy atom. The highest BCUT2D eigenvalue weighted by Gasteiger charge is 2.35. The number of hydrogen-bond acceptors (Lipinski definition) is 4. The quantitative estimate of drug-likeness (QED) is 0.814. The summed E-state index contributed by atoms with van der Waals surface area (Å²) in [4.78, 5) is 24.6. The number of halogens is 2. The van der Waals surface area contributed by atoms with E-state index in [9.17, 15) is 23.5 Å². The van der Waals surface area contributed by atoms with Gasteiger partial charge in [-0.1, -0.05) is 13.8 Å². The van der Waals surface area contributed by atoms with Crippen LogP contribution in [0.4, 0.5) is 8.78 Å². The highest BCUT2D eigenvalue weighted by Crippen LogP contribution is 2.32. The lowest BCUT2D eigenvalue weighted by molar-refractivity contribution is -0.148. The van der Waals surface area contributed by atoms with Gasteiger partial charge in [0.05, 0.1) is 13.7 Å². The second-order valence-electron chi connectivity index (χ2n) is 6.06. The van der Waals surface area contributed by atoms with E-state index >= 15 is 0 Å². The van der Waals surface area contributed by atoms with Crippen LogP contribution in [0.25, 0.3) is 0 Å². The Labute approximate surface area is 143 Å². The van der Waals surface area contributed by atoms with Crippen molar-refractivity contribution in [3.63, 3.8) is 0 Å². The van der Waals surface area contributed by atoms with Crippen LogP contribution in [0.3, 0.4) is 0 Å². The zero-order valence-corrected chi connectivity index (χ0v) is 14.1. The van der Waals surface area contributed by atoms with Crippen molar-refractivity contribution in [2.24, 2.45) is 5.92 Å². The van der Waals surface area contributed by atoms with Crippen LogP contribution in [0.1, 0.15) is 20.3 Å². The number of aliphatic carboxylic acids is 1. The van der Waals surface area contributed by atoms with Crippen LogP contribution in [0.15, 0.2) is 24.0 Å². The Hall–Kier alpha value is -2.64. The molecule has 0 radical (unpaired) electrons. The molecule has 136 valence electrons. The van der Waals surface area contributed by atoms with E-state index in [0.717, 1.165) is 23.1 Å². The van der Waals surface area contributed by atoms with Gasteiger partial charge < -0.3 is 19.5 Å². The number of ether oxygens (including phenoxy) is 2. The number of carboxylic acid groups (broad SMARTS) is 1. The molecule has 1 amide bonds. The Morgan fingerprint density at radius 2 is 2.04 bits per heavy atom. The normalized spacial score (nSPS) is 15.4. The van der Waals surface area contributed by atoms with E-state index in [0.29, 0.717) is 0 Å². The predicted molar refractivity (Wildman–Crippen MR) is 84.2 cm³/mol. The van der Waals surface area contributed by atoms with Gasteiger partial charge in [-0.15, -0.1) is 0 Å². The SMILES string of the molecule is COc1ccc(F)c(OC2=CC(=O)N(C(CC(C)C)C(=O)O)C2)c1F. The molecular formula is C17H19F2NO5. The first-order chi connectivity index (χ1) is 11.7. The molecule has 2 rings (SSSR count). The van der Waals surface area contributed by atoms with Gasteiger partial charge in [0.15, 0.2) is 11.6 Å². The molecule has 1 aromatic rings. The highest BCUT2D eigenvalue weighted by molar-refractivity contribution is 5.94. The first-order valence-corrected chi connectivity index (χ1v) is 7.68. The van der Waals surface area contributed by atoms with Crippen molar-refractivity contribution in [3.8, 4) is 11.5 Å². The average Bonchev–Trinajstić information content (AvgIpc) is 2.89. The number of amides is 1. The summed E-state index contributed by atoms with van der Waals surface area (Å²) >= 11 is 0. The third-order valence-electron chi connectivity index (χ3n) is 3.72. The van der Waals surface area contributed by atoms with Crippen LogP contribution in [0, 0.1) is 17.6 Å². The molecule has 0 bridgehead atoms. The Balaban J connectivity index is 2.20. The van der Waals surface area contributed by atoms with E-state index in [2.05, 4.69) is 0 Å². The first kappa shape index (κ1) is 18.7. The maximum absolute atomic E-state index is 14.1. The van der Waals surface area contributed by atoms with Crippen LogP contribution in [-0.4, -0.2) is 41.6 Å². The summed E-state index contributed by atoms with van der Waals surface area (Å²) in [5.41, 5.74) is 0. The van der Waals surface area contributed by atoms with Gasteiger partial charge in [0.2, 0.25) is 11.6 Å². The lowest BCUT2D eigenvalue weighted by atomic mass is 10.0.